The number of rotatable bonds is 5. The molecule has 0 bridgehead atoms. The molecule has 6 heteroatoms. The molecule has 106 valence electrons. The minimum atomic E-state index is -3.69. The molecule has 0 aliphatic rings. The first-order valence-corrected chi connectivity index (χ1v) is 7.56. The Hall–Kier alpha value is -1.40. The summed E-state index contributed by atoms with van der Waals surface area (Å²) in [6.45, 7) is 7.05. The Bertz CT molecular complexity index is 596. The van der Waals surface area contributed by atoms with Crippen molar-refractivity contribution in [1.29, 1.82) is 5.41 Å². The fraction of sp³-hybridized carbons (Fsp3) is 0.462. The lowest BCUT2D eigenvalue weighted by Gasteiger charge is -2.28. The van der Waals surface area contributed by atoms with E-state index >= 15 is 0 Å². The van der Waals surface area contributed by atoms with Gasteiger partial charge in [-0.3, -0.25) is 5.41 Å². The van der Waals surface area contributed by atoms with Crippen LogP contribution in [0, 0.1) is 19.3 Å². The van der Waals surface area contributed by atoms with E-state index in [2.05, 4.69) is 4.72 Å². The van der Waals surface area contributed by atoms with Gasteiger partial charge < -0.3 is 5.73 Å². The highest BCUT2D eigenvalue weighted by Gasteiger charge is 2.32. The molecule has 5 nitrogen and oxygen atoms in total. The molecule has 0 spiro atoms. The van der Waals surface area contributed by atoms with Crippen molar-refractivity contribution >= 4 is 15.9 Å². The van der Waals surface area contributed by atoms with Gasteiger partial charge >= 0.3 is 0 Å². The molecule has 0 amide bonds. The van der Waals surface area contributed by atoms with Crippen LogP contribution in [0.1, 0.15) is 31.4 Å². The number of hydrogen-bond acceptors (Lipinski definition) is 3. The van der Waals surface area contributed by atoms with Crippen LogP contribution < -0.4 is 10.5 Å². The van der Waals surface area contributed by atoms with Crippen LogP contribution in [0.25, 0.3) is 0 Å². The summed E-state index contributed by atoms with van der Waals surface area (Å²) < 4.78 is 27.3. The first kappa shape index (κ1) is 15.7. The third kappa shape index (κ3) is 3.33. The van der Waals surface area contributed by atoms with Crippen LogP contribution in [-0.2, 0) is 10.0 Å². The van der Waals surface area contributed by atoms with Gasteiger partial charge in [-0.1, -0.05) is 24.6 Å². The number of nitrogens with one attached hydrogen (secondary N) is 2. The summed E-state index contributed by atoms with van der Waals surface area (Å²) in [5.74, 6) is -0.191. The standard InChI is InChI=1S/C13H21N3O2S/c1-5-13(4,12(14)15)16-19(17,18)11-7-6-9(2)8-10(11)3/h6-8,16H,5H2,1-4H3,(H3,14,15). The number of nitrogens with two attached hydrogens (primary N) is 1. The molecule has 0 saturated heterocycles. The quantitative estimate of drug-likeness (QED) is 0.566. The van der Waals surface area contributed by atoms with E-state index in [4.69, 9.17) is 11.1 Å². The number of aryl methyl sites for hydroxylation is 2. The fourth-order valence-corrected chi connectivity index (χ4v) is 3.46. The molecule has 0 aliphatic carbocycles. The van der Waals surface area contributed by atoms with E-state index in [0.717, 1.165) is 5.56 Å². The lowest BCUT2D eigenvalue weighted by atomic mass is 10.00. The van der Waals surface area contributed by atoms with E-state index in [1.54, 1.807) is 32.9 Å². The molecular formula is C13H21N3O2S. The van der Waals surface area contributed by atoms with Crippen molar-refractivity contribution in [3.05, 3.63) is 29.3 Å². The van der Waals surface area contributed by atoms with Crippen molar-refractivity contribution in [3.8, 4) is 0 Å². The highest BCUT2D eigenvalue weighted by Crippen LogP contribution is 2.20. The topological polar surface area (TPSA) is 96.0 Å². The predicted molar refractivity (Wildman–Crippen MR) is 76.8 cm³/mol. The lowest BCUT2D eigenvalue weighted by Crippen LogP contribution is -2.54. The van der Waals surface area contributed by atoms with Crippen molar-refractivity contribution in [2.24, 2.45) is 5.73 Å². The van der Waals surface area contributed by atoms with Gasteiger partial charge in [0.25, 0.3) is 0 Å². The summed E-state index contributed by atoms with van der Waals surface area (Å²) in [7, 11) is -3.69. The molecule has 1 rings (SSSR count). The van der Waals surface area contributed by atoms with Crippen molar-refractivity contribution in [1.82, 2.24) is 4.72 Å². The van der Waals surface area contributed by atoms with Crippen LogP contribution in [0.15, 0.2) is 23.1 Å². The molecule has 0 radical (unpaired) electrons. The zero-order valence-corrected chi connectivity index (χ0v) is 12.6. The molecule has 1 atom stereocenters. The van der Waals surface area contributed by atoms with E-state index in [1.165, 1.54) is 0 Å². The number of hydrogen-bond donors (Lipinski definition) is 3. The first-order chi connectivity index (χ1) is 8.62. The molecule has 1 unspecified atom stereocenters. The molecule has 1 aromatic rings. The highest BCUT2D eigenvalue weighted by atomic mass is 32.2. The highest BCUT2D eigenvalue weighted by molar-refractivity contribution is 7.89. The zero-order chi connectivity index (χ0) is 14.8. The first-order valence-electron chi connectivity index (χ1n) is 6.08. The second kappa shape index (κ2) is 5.30. The second-order valence-corrected chi connectivity index (χ2v) is 6.62. The molecule has 0 fully saturated rings. The largest absolute Gasteiger partial charge is 0.386 e. The third-order valence-electron chi connectivity index (χ3n) is 3.28. The van der Waals surface area contributed by atoms with E-state index < -0.39 is 15.6 Å². The van der Waals surface area contributed by atoms with Crippen molar-refractivity contribution in [2.45, 2.75) is 44.6 Å². The Morgan fingerprint density at radius 2 is 2.00 bits per heavy atom. The summed E-state index contributed by atoms with van der Waals surface area (Å²) in [5.41, 5.74) is 6.10. The number of amidine groups is 1. The van der Waals surface area contributed by atoms with Gasteiger partial charge in [0.2, 0.25) is 10.0 Å². The van der Waals surface area contributed by atoms with Crippen LogP contribution >= 0.6 is 0 Å². The van der Waals surface area contributed by atoms with Gasteiger partial charge in [-0.05, 0) is 38.8 Å². The van der Waals surface area contributed by atoms with Crippen LogP contribution in [-0.4, -0.2) is 19.8 Å². The maximum Gasteiger partial charge on any atom is 0.241 e. The molecule has 0 aromatic heterocycles. The molecule has 1 aromatic carbocycles. The molecular weight excluding hydrogens is 262 g/mol. The maximum atomic E-state index is 12.4. The number of benzene rings is 1. The van der Waals surface area contributed by atoms with Crippen molar-refractivity contribution < 1.29 is 8.42 Å². The van der Waals surface area contributed by atoms with Gasteiger partial charge in [-0.15, -0.1) is 0 Å². The second-order valence-electron chi connectivity index (χ2n) is 4.97. The van der Waals surface area contributed by atoms with Crippen LogP contribution in [0.2, 0.25) is 0 Å². The van der Waals surface area contributed by atoms with Gasteiger partial charge in [0.05, 0.1) is 10.4 Å². The van der Waals surface area contributed by atoms with E-state index in [1.807, 2.05) is 13.0 Å². The van der Waals surface area contributed by atoms with Crippen molar-refractivity contribution in [3.63, 3.8) is 0 Å². The van der Waals surface area contributed by atoms with E-state index in [9.17, 15) is 8.42 Å². The van der Waals surface area contributed by atoms with Gasteiger partial charge in [0.1, 0.15) is 5.84 Å². The Morgan fingerprint density at radius 1 is 1.42 bits per heavy atom. The minimum Gasteiger partial charge on any atom is -0.386 e. The molecule has 0 aliphatic heterocycles. The monoisotopic (exact) mass is 283 g/mol. The fourth-order valence-electron chi connectivity index (χ4n) is 1.77. The Labute approximate surface area is 114 Å². The van der Waals surface area contributed by atoms with Crippen molar-refractivity contribution in [2.75, 3.05) is 0 Å². The zero-order valence-electron chi connectivity index (χ0n) is 11.7. The molecule has 19 heavy (non-hydrogen) atoms. The van der Waals surface area contributed by atoms with Crippen LogP contribution in [0.4, 0.5) is 0 Å². The summed E-state index contributed by atoms with van der Waals surface area (Å²) in [5, 5.41) is 7.53. The van der Waals surface area contributed by atoms with E-state index in [-0.39, 0.29) is 10.7 Å². The average molecular weight is 283 g/mol. The summed E-state index contributed by atoms with van der Waals surface area (Å²) >= 11 is 0. The van der Waals surface area contributed by atoms with E-state index in [0.29, 0.717) is 12.0 Å². The summed E-state index contributed by atoms with van der Waals surface area (Å²) in [4.78, 5) is 0.221. The summed E-state index contributed by atoms with van der Waals surface area (Å²) in [6, 6.07) is 5.13. The Kier molecular flexibility index (Phi) is 4.37. The predicted octanol–water partition coefficient (Wildman–Crippen LogP) is 1.69. The SMILES string of the molecule is CCC(C)(NS(=O)(=O)c1ccc(C)cc1C)C(=N)N. The average Bonchev–Trinajstić information content (AvgIpc) is 2.27. The summed E-state index contributed by atoms with van der Waals surface area (Å²) in [6.07, 6.45) is 0.409. The Morgan fingerprint density at radius 3 is 2.42 bits per heavy atom. The Balaban J connectivity index is 3.22. The lowest BCUT2D eigenvalue weighted by molar-refractivity contribution is 0.505. The van der Waals surface area contributed by atoms with Gasteiger partial charge in [0, 0.05) is 0 Å². The molecule has 0 heterocycles. The van der Waals surface area contributed by atoms with Gasteiger partial charge in [0.15, 0.2) is 0 Å². The van der Waals surface area contributed by atoms with Crippen LogP contribution in [0.3, 0.4) is 0 Å². The minimum absolute atomic E-state index is 0.191. The van der Waals surface area contributed by atoms with Crippen LogP contribution in [0.5, 0.6) is 0 Å². The van der Waals surface area contributed by atoms with Gasteiger partial charge in [-0.25, -0.2) is 8.42 Å². The molecule has 0 saturated carbocycles. The molecule has 4 N–H and O–H groups in total. The smallest absolute Gasteiger partial charge is 0.241 e. The maximum absolute atomic E-state index is 12.4. The van der Waals surface area contributed by atoms with Gasteiger partial charge in [-0.2, -0.15) is 4.72 Å². The normalized spacial score (nSPS) is 14.9. The number of sulfonamides is 1. The third-order valence-corrected chi connectivity index (χ3v) is 5.04.